The number of methoxy groups -OCH3 is 1. The number of aromatic hydroxyl groups is 1. The van der Waals surface area contributed by atoms with E-state index in [1.807, 2.05) is 12.1 Å². The molecule has 1 unspecified atom stereocenters. The summed E-state index contributed by atoms with van der Waals surface area (Å²) in [6, 6.07) is 5.55. The molecule has 0 aromatic heterocycles. The zero-order valence-corrected chi connectivity index (χ0v) is 11.1. The molecule has 0 spiro atoms. The molecule has 1 aromatic rings. The third-order valence-electron chi connectivity index (χ3n) is 3.44. The molecule has 2 N–H and O–H groups in total. The number of hydrogen-bond acceptors (Lipinski definition) is 4. The number of phenols is 1. The van der Waals surface area contributed by atoms with Crippen molar-refractivity contribution in [2.75, 3.05) is 20.2 Å². The first-order chi connectivity index (χ1) is 8.70. The predicted octanol–water partition coefficient (Wildman–Crippen LogP) is 2.45. The van der Waals surface area contributed by atoms with E-state index in [9.17, 15) is 5.11 Å². The van der Waals surface area contributed by atoms with E-state index in [-0.39, 0.29) is 11.8 Å². The van der Waals surface area contributed by atoms with E-state index in [1.54, 1.807) is 13.2 Å². The van der Waals surface area contributed by atoms with E-state index in [0.29, 0.717) is 5.75 Å². The molecule has 1 aliphatic heterocycles. The van der Waals surface area contributed by atoms with Crippen LogP contribution in [0.3, 0.4) is 0 Å². The Hall–Kier alpha value is -1.26. The second kappa shape index (κ2) is 6.07. The van der Waals surface area contributed by atoms with Gasteiger partial charge in [0.15, 0.2) is 0 Å². The summed E-state index contributed by atoms with van der Waals surface area (Å²) < 4.78 is 5.09. The lowest BCUT2D eigenvalue weighted by molar-refractivity contribution is 0.132. The number of nitrogens with zero attached hydrogens (tertiary/aromatic N) is 1. The van der Waals surface area contributed by atoms with Gasteiger partial charge < -0.3 is 9.84 Å². The van der Waals surface area contributed by atoms with Gasteiger partial charge in [-0.3, -0.25) is 0 Å². The molecule has 1 aromatic carbocycles. The third kappa shape index (κ3) is 3.15. The van der Waals surface area contributed by atoms with Crippen molar-refractivity contribution < 1.29 is 9.84 Å². The van der Waals surface area contributed by atoms with Crippen LogP contribution in [0, 0.1) is 0 Å². The highest BCUT2D eigenvalue weighted by Gasteiger charge is 2.16. The van der Waals surface area contributed by atoms with Crippen molar-refractivity contribution in [2.45, 2.75) is 32.2 Å². The topological polar surface area (TPSA) is 44.7 Å². The predicted molar refractivity (Wildman–Crippen MR) is 71.6 cm³/mol. The second-order valence-electron chi connectivity index (χ2n) is 4.82. The molecule has 0 amide bonds. The third-order valence-corrected chi connectivity index (χ3v) is 3.44. The van der Waals surface area contributed by atoms with Crippen LogP contribution in [-0.2, 0) is 0 Å². The highest BCUT2D eigenvalue weighted by molar-refractivity contribution is 5.41. The van der Waals surface area contributed by atoms with E-state index in [4.69, 9.17) is 4.74 Å². The van der Waals surface area contributed by atoms with Crippen LogP contribution >= 0.6 is 0 Å². The summed E-state index contributed by atoms with van der Waals surface area (Å²) in [5.41, 5.74) is 4.35. The first-order valence-electron chi connectivity index (χ1n) is 6.58. The Morgan fingerprint density at radius 2 is 2.00 bits per heavy atom. The Bertz CT molecular complexity index is 389. The average Bonchev–Trinajstić information content (AvgIpc) is 2.39. The highest BCUT2D eigenvalue weighted by atomic mass is 16.5. The lowest BCUT2D eigenvalue weighted by atomic mass is 10.1. The normalized spacial score (nSPS) is 18.6. The molecule has 2 rings (SSSR count). The zero-order valence-electron chi connectivity index (χ0n) is 11.1. The van der Waals surface area contributed by atoms with Crippen LogP contribution < -0.4 is 10.2 Å². The van der Waals surface area contributed by atoms with Crippen LogP contribution in [-0.4, -0.2) is 30.3 Å². The molecule has 4 heteroatoms. The minimum absolute atomic E-state index is 0.106. The van der Waals surface area contributed by atoms with Crippen LogP contribution in [0.4, 0.5) is 0 Å². The Balaban J connectivity index is 2.01. The molecule has 100 valence electrons. The van der Waals surface area contributed by atoms with Crippen LogP contribution in [0.5, 0.6) is 11.5 Å². The van der Waals surface area contributed by atoms with Crippen LogP contribution in [0.25, 0.3) is 0 Å². The quantitative estimate of drug-likeness (QED) is 0.861. The minimum atomic E-state index is 0.106. The largest absolute Gasteiger partial charge is 0.507 e. The fraction of sp³-hybridized carbons (Fsp3) is 0.571. The van der Waals surface area contributed by atoms with Crippen LogP contribution in [0.1, 0.15) is 37.8 Å². The molecular formula is C14H22N2O2. The maximum absolute atomic E-state index is 9.98. The zero-order chi connectivity index (χ0) is 13.0. The Morgan fingerprint density at radius 3 is 2.61 bits per heavy atom. The minimum Gasteiger partial charge on any atom is -0.507 e. The van der Waals surface area contributed by atoms with Gasteiger partial charge in [-0.2, -0.15) is 0 Å². The summed E-state index contributed by atoms with van der Waals surface area (Å²) in [4.78, 5) is 0. The number of rotatable bonds is 4. The van der Waals surface area contributed by atoms with Gasteiger partial charge in [0.05, 0.1) is 7.11 Å². The molecule has 1 atom stereocenters. The lowest BCUT2D eigenvalue weighted by Gasteiger charge is -2.30. The summed E-state index contributed by atoms with van der Waals surface area (Å²) in [7, 11) is 1.60. The van der Waals surface area contributed by atoms with Gasteiger partial charge in [-0.05, 0) is 25.8 Å². The van der Waals surface area contributed by atoms with Crippen LogP contribution in [0.15, 0.2) is 18.2 Å². The summed E-state index contributed by atoms with van der Waals surface area (Å²) in [5, 5.41) is 12.2. The Morgan fingerprint density at radius 1 is 1.28 bits per heavy atom. The molecule has 1 fully saturated rings. The lowest BCUT2D eigenvalue weighted by Crippen LogP contribution is -2.42. The highest BCUT2D eigenvalue weighted by Crippen LogP contribution is 2.28. The maximum Gasteiger partial charge on any atom is 0.124 e. The van der Waals surface area contributed by atoms with Crippen molar-refractivity contribution in [3.05, 3.63) is 23.8 Å². The van der Waals surface area contributed by atoms with Gasteiger partial charge in [-0.15, -0.1) is 0 Å². The fourth-order valence-electron chi connectivity index (χ4n) is 2.38. The van der Waals surface area contributed by atoms with E-state index < -0.39 is 0 Å². The number of phenolic OH excluding ortho intramolecular Hbond substituents is 1. The molecule has 0 bridgehead atoms. The molecule has 0 radical (unpaired) electrons. The van der Waals surface area contributed by atoms with E-state index in [1.165, 1.54) is 19.3 Å². The van der Waals surface area contributed by atoms with Crippen molar-refractivity contribution in [1.29, 1.82) is 0 Å². The van der Waals surface area contributed by atoms with E-state index >= 15 is 0 Å². The van der Waals surface area contributed by atoms with E-state index in [2.05, 4.69) is 17.4 Å². The number of hydrazine groups is 1. The summed E-state index contributed by atoms with van der Waals surface area (Å²) in [5.74, 6) is 0.966. The second-order valence-corrected chi connectivity index (χ2v) is 4.82. The van der Waals surface area contributed by atoms with Crippen molar-refractivity contribution >= 4 is 0 Å². The smallest absolute Gasteiger partial charge is 0.124 e. The van der Waals surface area contributed by atoms with Gasteiger partial charge in [0.2, 0.25) is 0 Å². The Labute approximate surface area is 109 Å². The number of ether oxygens (including phenoxy) is 1. The molecule has 0 aliphatic carbocycles. The van der Waals surface area contributed by atoms with Crippen molar-refractivity contribution in [2.24, 2.45) is 0 Å². The summed E-state index contributed by atoms with van der Waals surface area (Å²) >= 11 is 0. The first kappa shape index (κ1) is 13.2. The molecular weight excluding hydrogens is 228 g/mol. The summed E-state index contributed by atoms with van der Waals surface area (Å²) in [6.07, 6.45) is 3.81. The van der Waals surface area contributed by atoms with Gasteiger partial charge >= 0.3 is 0 Å². The molecule has 1 heterocycles. The molecule has 18 heavy (non-hydrogen) atoms. The number of nitrogens with one attached hydrogen (secondary N) is 1. The maximum atomic E-state index is 9.98. The van der Waals surface area contributed by atoms with Gasteiger partial charge in [-0.1, -0.05) is 12.5 Å². The standard InChI is InChI=1S/C14H22N2O2/c1-11(15-16-8-4-3-5-9-16)13-7-6-12(18-2)10-14(13)17/h6-7,10-11,15,17H,3-5,8-9H2,1-2H3. The van der Waals surface area contributed by atoms with Crippen molar-refractivity contribution in [3.63, 3.8) is 0 Å². The Kier molecular flexibility index (Phi) is 4.44. The molecule has 1 aliphatic rings. The number of benzene rings is 1. The molecule has 1 saturated heterocycles. The van der Waals surface area contributed by atoms with Gasteiger partial charge in [-0.25, -0.2) is 10.4 Å². The average molecular weight is 250 g/mol. The first-order valence-corrected chi connectivity index (χ1v) is 6.58. The number of hydrogen-bond donors (Lipinski definition) is 2. The fourth-order valence-corrected chi connectivity index (χ4v) is 2.38. The van der Waals surface area contributed by atoms with Crippen molar-refractivity contribution in [1.82, 2.24) is 10.4 Å². The van der Waals surface area contributed by atoms with Crippen molar-refractivity contribution in [3.8, 4) is 11.5 Å². The SMILES string of the molecule is COc1ccc(C(C)NN2CCCCC2)c(O)c1. The van der Waals surface area contributed by atoms with Crippen LogP contribution in [0.2, 0.25) is 0 Å². The monoisotopic (exact) mass is 250 g/mol. The number of piperidine rings is 1. The summed E-state index contributed by atoms with van der Waals surface area (Å²) in [6.45, 7) is 4.23. The van der Waals surface area contributed by atoms with E-state index in [0.717, 1.165) is 18.7 Å². The van der Waals surface area contributed by atoms with Gasteiger partial charge in [0, 0.05) is 30.8 Å². The molecule has 0 saturated carbocycles. The van der Waals surface area contributed by atoms with Gasteiger partial charge in [0.1, 0.15) is 11.5 Å². The van der Waals surface area contributed by atoms with Gasteiger partial charge in [0.25, 0.3) is 0 Å². The molecule has 4 nitrogen and oxygen atoms in total.